The Hall–Kier alpha value is -2.25. The van der Waals surface area contributed by atoms with Crippen LogP contribution >= 0.6 is 0 Å². The van der Waals surface area contributed by atoms with E-state index in [0.29, 0.717) is 0 Å². The molecule has 21 fully saturated rings. The maximum Gasteiger partial charge on any atom is 0.187 e. The van der Waals surface area contributed by atoms with Crippen LogP contribution in [0.15, 0.2) is 5.28 Å². The van der Waals surface area contributed by atoms with Gasteiger partial charge in [0.2, 0.25) is 0 Å². The Kier molecular flexibility index (Phi) is 21.8. The first-order valence-corrected chi connectivity index (χ1v) is 25.2. The van der Waals surface area contributed by atoms with Gasteiger partial charge in [-0.3, -0.25) is 0 Å². The minimum absolute atomic E-state index is 0.862. The first-order valence-electron chi connectivity index (χ1n) is 25.2. The monoisotopic (exact) mass is 1180 g/mol. The van der Waals surface area contributed by atoms with Crippen LogP contribution < -0.4 is 0 Å². The molecule has 0 radical (unpaired) electrons. The van der Waals surface area contributed by atoms with Gasteiger partial charge in [-0.2, -0.15) is 0 Å². The number of rotatable bonds is 9. The molecule has 462 valence electrons. The van der Waals surface area contributed by atoms with E-state index in [9.17, 15) is 102 Å². The molecule has 21 aliphatic heterocycles. The molecule has 21 rings (SSSR count). The van der Waals surface area contributed by atoms with Gasteiger partial charge in [0.15, 0.2) is 44.0 Å². The summed E-state index contributed by atoms with van der Waals surface area (Å²) in [5, 5.41) is 224. The van der Waals surface area contributed by atoms with Crippen molar-refractivity contribution in [2.24, 2.45) is 5.28 Å². The number of aliphatic hydroxyl groups excluding tert-OH is 20. The van der Waals surface area contributed by atoms with E-state index >= 15 is 0 Å². The molecule has 0 aromatic rings. The van der Waals surface area contributed by atoms with Gasteiger partial charge >= 0.3 is 0 Å². The maximum atomic E-state index is 11.5. The zero-order valence-electron chi connectivity index (χ0n) is 41.6. The fourth-order valence-corrected chi connectivity index (χ4v) is 10.5. The standard InChI is InChI=1S/C42H69N3O35/c43-44-45-66-7-14-35-21(58)28(65)42(73-14)79-34-13(6-51)71-40(26(63)19(34)56)77-32-11(4-49)69-38(24(61)17(32)54)75-30-9(2-47)67-36(22(59)15(30)52)74-29-8(1-46)68-37(23(60)16(29)53)76-31-10(3-48)70-39(25(62)18(31)55)78-33-12(5-50)72-41(80-35)27(64)20(33)57/h8-42,46-65H,1-7H2/t8-,9-,10-,11-,12-,13-,14-,15-,16-,17-,18-,19-,20-,21-,22-,23-,24-,25-,26-,27-,28-,29-,30-,31-,32-,33-,34-,35-,36-,37-,38-,39-,40-,41-,42-/m1/s1. The van der Waals surface area contributed by atoms with Crippen LogP contribution in [-0.2, 0) is 71.2 Å². The van der Waals surface area contributed by atoms with Crippen molar-refractivity contribution in [3.8, 4) is 0 Å². The summed E-state index contributed by atoms with van der Waals surface area (Å²) in [4.78, 5) is 7.30. The lowest BCUT2D eigenvalue weighted by Crippen LogP contribution is -2.68. The fourth-order valence-electron chi connectivity index (χ4n) is 10.5. The van der Waals surface area contributed by atoms with Crippen molar-refractivity contribution >= 4 is 0 Å². The van der Waals surface area contributed by atoms with E-state index < -0.39 is 261 Å². The minimum Gasteiger partial charge on any atom is -0.431 e. The van der Waals surface area contributed by atoms with Crippen molar-refractivity contribution in [3.63, 3.8) is 0 Å². The Morgan fingerprint density at radius 2 is 0.425 bits per heavy atom. The SMILES string of the molecule is [N-]=[N+]=NOC[C@H]1O[C@@H]2O[C@H]3[C@H](O)[C@@H](O)[C@@H](O[C@H]4[C@H](O)[C@@H](O)[C@@H](O[C@H]5[C@H](O)[C@@H](O)[C@@H](O[C@H]6[C@H](O)[C@@H](O)[C@@H](O[C@H]7[C@H](O)[C@@H](O)[C@@H](O[C@H]8[C@H](O)[C@@H](O)[C@@H](O[C@H]1[C@H](O)[C@H]2O)O[C@@H]8CO)O[C@@H]7CO)O[C@@H]6CO)O[C@@H]5CO)O[C@@H]4CO)O[C@@H]3CO. The summed E-state index contributed by atoms with van der Waals surface area (Å²) in [7, 11) is 0. The molecule has 21 saturated heterocycles. The Morgan fingerprint density at radius 1 is 0.263 bits per heavy atom. The molecule has 0 spiro atoms. The summed E-state index contributed by atoms with van der Waals surface area (Å²) in [6.07, 6.45) is -71.2. The molecule has 38 heteroatoms. The summed E-state index contributed by atoms with van der Waals surface area (Å²) < 4.78 is 79.9. The Labute approximate surface area is 449 Å². The molecule has 14 bridgehead atoms. The van der Waals surface area contributed by atoms with Gasteiger partial charge in [-0.25, -0.2) is 0 Å². The zero-order valence-corrected chi connectivity index (χ0v) is 41.6. The largest absolute Gasteiger partial charge is 0.431 e. The third-order valence-corrected chi connectivity index (χ3v) is 14.9. The second kappa shape index (κ2) is 27.4. The average Bonchev–Trinajstić information content (AvgIpc) is 3.50. The molecule has 0 aromatic heterocycles. The van der Waals surface area contributed by atoms with Crippen LogP contribution in [0.1, 0.15) is 0 Å². The third-order valence-electron chi connectivity index (χ3n) is 14.9. The molecule has 0 aromatic carbocycles. The molecule has 38 nitrogen and oxygen atoms in total. The van der Waals surface area contributed by atoms with E-state index in [1.165, 1.54) is 0 Å². The molecule has 0 unspecified atom stereocenters. The topological polar surface area (TPSA) is 592 Å². The van der Waals surface area contributed by atoms with Gasteiger partial charge < -0.3 is 173 Å². The summed E-state index contributed by atoms with van der Waals surface area (Å²) in [6, 6.07) is 0. The van der Waals surface area contributed by atoms with Crippen molar-refractivity contribution < 1.29 is 173 Å². The quantitative estimate of drug-likeness (QED) is 0.0441. The van der Waals surface area contributed by atoms with Crippen LogP contribution in [0.3, 0.4) is 0 Å². The second-order valence-corrected chi connectivity index (χ2v) is 19.9. The average molecular weight is 1180 g/mol. The normalized spacial score (nSPS) is 53.5. The van der Waals surface area contributed by atoms with Crippen LogP contribution in [-0.4, -0.2) is 363 Å². The highest BCUT2D eigenvalue weighted by Crippen LogP contribution is 2.39. The van der Waals surface area contributed by atoms with Crippen molar-refractivity contribution in [1.82, 2.24) is 0 Å². The summed E-state index contributed by atoms with van der Waals surface area (Å²) in [5.74, 6) is 0. The Bertz CT molecular complexity index is 1980. The Morgan fingerprint density at radius 3 is 0.588 bits per heavy atom. The number of hydrogen-bond donors (Lipinski definition) is 20. The zero-order chi connectivity index (χ0) is 58.2. The predicted molar refractivity (Wildman–Crippen MR) is 236 cm³/mol. The van der Waals surface area contributed by atoms with Gasteiger partial charge in [-0.05, 0) is 5.53 Å². The first kappa shape index (κ1) is 63.8. The molecule has 20 N–H and O–H groups in total. The Balaban J connectivity index is 1.09. The van der Waals surface area contributed by atoms with Crippen molar-refractivity contribution in [1.29, 1.82) is 0 Å². The fraction of sp³-hybridized carbons (Fsp3) is 1.00. The summed E-state index contributed by atoms with van der Waals surface area (Å²) >= 11 is 0. The van der Waals surface area contributed by atoms with Crippen molar-refractivity contribution in [2.45, 2.75) is 215 Å². The number of hydrogen-bond acceptors (Lipinski definition) is 36. The summed E-state index contributed by atoms with van der Waals surface area (Å²) in [5.41, 5.74) is 8.89. The van der Waals surface area contributed by atoms with Gasteiger partial charge in [0.05, 0.1) is 39.6 Å². The molecular formula is C42H69N3O35. The number of nitrogens with zero attached hydrogens (tertiary/aromatic N) is 3. The molecule has 0 saturated carbocycles. The summed E-state index contributed by atoms with van der Waals surface area (Å²) in [6.45, 7) is -7.25. The van der Waals surface area contributed by atoms with E-state index in [4.69, 9.17) is 76.7 Å². The molecule has 80 heavy (non-hydrogen) atoms. The minimum atomic E-state index is -2.26. The molecule has 21 heterocycles. The maximum absolute atomic E-state index is 11.5. The number of ether oxygens (including phenoxy) is 14. The highest BCUT2D eigenvalue weighted by Gasteiger charge is 2.59. The lowest BCUT2D eigenvalue weighted by atomic mass is 9.95. The van der Waals surface area contributed by atoms with Gasteiger partial charge in [-0.15, -0.1) is 0 Å². The molecular weight excluding hydrogens is 1110 g/mol. The number of azide groups is 1. The van der Waals surface area contributed by atoms with Crippen LogP contribution in [0, 0.1) is 0 Å². The van der Waals surface area contributed by atoms with Gasteiger partial charge in [0.1, 0.15) is 183 Å². The molecule has 21 aliphatic rings. The van der Waals surface area contributed by atoms with E-state index in [-0.39, 0.29) is 0 Å². The van der Waals surface area contributed by atoms with Crippen LogP contribution in [0.2, 0.25) is 0 Å². The second-order valence-electron chi connectivity index (χ2n) is 19.9. The van der Waals surface area contributed by atoms with E-state index in [2.05, 4.69) is 10.2 Å². The van der Waals surface area contributed by atoms with Crippen molar-refractivity contribution in [2.75, 3.05) is 46.2 Å². The van der Waals surface area contributed by atoms with Gasteiger partial charge in [0.25, 0.3) is 0 Å². The van der Waals surface area contributed by atoms with Gasteiger partial charge in [0, 0.05) is 4.91 Å². The number of aliphatic hydroxyl groups is 20. The molecule has 35 atom stereocenters. The highest BCUT2D eigenvalue weighted by molar-refractivity contribution is 5.01. The van der Waals surface area contributed by atoms with E-state index in [0.717, 1.165) is 0 Å². The first-order chi connectivity index (χ1) is 38.2. The highest BCUT2D eigenvalue weighted by atomic mass is 16.8. The van der Waals surface area contributed by atoms with E-state index in [1.54, 1.807) is 0 Å². The molecule has 0 amide bonds. The lowest BCUT2D eigenvalue weighted by molar-refractivity contribution is -0.397. The van der Waals surface area contributed by atoms with Crippen LogP contribution in [0.25, 0.3) is 10.4 Å². The predicted octanol–water partition coefficient (Wildman–Crippen LogP) is -14.0. The van der Waals surface area contributed by atoms with Crippen LogP contribution in [0.4, 0.5) is 0 Å². The van der Waals surface area contributed by atoms with Crippen molar-refractivity contribution in [3.05, 3.63) is 10.4 Å². The van der Waals surface area contributed by atoms with Gasteiger partial charge in [-0.1, -0.05) is 0 Å². The third kappa shape index (κ3) is 12.7. The van der Waals surface area contributed by atoms with Crippen LogP contribution in [0.5, 0.6) is 0 Å². The molecule has 0 aliphatic carbocycles. The van der Waals surface area contributed by atoms with E-state index in [1.807, 2.05) is 0 Å². The smallest absolute Gasteiger partial charge is 0.187 e. The lowest BCUT2D eigenvalue weighted by Gasteiger charge is -2.50.